The van der Waals surface area contributed by atoms with Gasteiger partial charge in [-0.3, -0.25) is 4.79 Å². The van der Waals surface area contributed by atoms with Gasteiger partial charge in [0.2, 0.25) is 11.8 Å². The number of nitrogens with zero attached hydrogens (tertiary/aromatic N) is 2. The van der Waals surface area contributed by atoms with Crippen LogP contribution in [0.3, 0.4) is 0 Å². The molecule has 1 saturated heterocycles. The van der Waals surface area contributed by atoms with Crippen molar-refractivity contribution in [3.05, 3.63) is 59.8 Å². The third kappa shape index (κ3) is 3.82. The highest BCUT2D eigenvalue weighted by Crippen LogP contribution is 2.35. The number of likely N-dealkylation sites (tertiary alicyclic amines) is 1. The molecule has 5 nitrogen and oxygen atoms in total. The summed E-state index contributed by atoms with van der Waals surface area (Å²) in [5.41, 5.74) is 1.85. The lowest BCUT2D eigenvalue weighted by Gasteiger charge is -2.50. The minimum atomic E-state index is -0.105. The van der Waals surface area contributed by atoms with Gasteiger partial charge < -0.3 is 14.4 Å². The Kier molecular flexibility index (Phi) is 5.34. The lowest BCUT2D eigenvalue weighted by atomic mass is 9.74. The topological polar surface area (TPSA) is 51.7 Å². The van der Waals surface area contributed by atoms with Gasteiger partial charge in [0.25, 0.3) is 0 Å². The molecule has 1 aromatic heterocycles. The predicted octanol–water partition coefficient (Wildman–Crippen LogP) is 2.45. The van der Waals surface area contributed by atoms with Crippen LogP contribution in [0, 0.1) is 0 Å². The fraction of sp³-hybridized carbons (Fsp3) is 0.400. The molecular formula is C20H24N2O3. The van der Waals surface area contributed by atoms with Crippen LogP contribution in [0.15, 0.2) is 48.5 Å². The highest BCUT2D eigenvalue weighted by molar-refractivity contribution is 5.79. The summed E-state index contributed by atoms with van der Waals surface area (Å²) in [5.74, 6) is 0.651. The Labute approximate surface area is 148 Å². The van der Waals surface area contributed by atoms with Crippen molar-refractivity contribution in [2.24, 2.45) is 0 Å². The van der Waals surface area contributed by atoms with Crippen molar-refractivity contribution in [3.8, 4) is 5.88 Å². The number of carbonyl (C=O) groups excluding carboxylic acids is 1. The van der Waals surface area contributed by atoms with E-state index >= 15 is 0 Å². The highest BCUT2D eigenvalue weighted by atomic mass is 16.5. The average molecular weight is 340 g/mol. The molecule has 2 aromatic rings. The van der Waals surface area contributed by atoms with E-state index in [-0.39, 0.29) is 11.3 Å². The Bertz CT molecular complexity index is 712. The number of methoxy groups -OCH3 is 1. The van der Waals surface area contributed by atoms with Crippen LogP contribution in [0.4, 0.5) is 0 Å². The largest absolute Gasteiger partial charge is 0.478 e. The van der Waals surface area contributed by atoms with Gasteiger partial charge >= 0.3 is 0 Å². The molecule has 0 unspecified atom stereocenters. The monoisotopic (exact) mass is 340 g/mol. The van der Waals surface area contributed by atoms with Crippen LogP contribution in [0.2, 0.25) is 0 Å². The first-order valence-corrected chi connectivity index (χ1v) is 8.58. The number of pyridine rings is 1. The molecule has 1 aliphatic heterocycles. The fourth-order valence-electron chi connectivity index (χ4n) is 3.34. The molecule has 0 spiro atoms. The molecule has 1 aliphatic rings. The lowest BCUT2D eigenvalue weighted by Crippen LogP contribution is -2.63. The smallest absolute Gasteiger partial charge is 0.228 e. The van der Waals surface area contributed by atoms with Crippen LogP contribution in [0.5, 0.6) is 5.88 Å². The van der Waals surface area contributed by atoms with Gasteiger partial charge in [-0.1, -0.05) is 36.4 Å². The van der Waals surface area contributed by atoms with Gasteiger partial charge in [0.05, 0.1) is 30.7 Å². The molecule has 0 radical (unpaired) electrons. The molecule has 2 heterocycles. The van der Waals surface area contributed by atoms with Crippen LogP contribution in [-0.2, 0) is 21.4 Å². The van der Waals surface area contributed by atoms with Gasteiger partial charge in [0.1, 0.15) is 0 Å². The van der Waals surface area contributed by atoms with Crippen LogP contribution in [-0.4, -0.2) is 49.2 Å². The second kappa shape index (κ2) is 7.66. The first-order chi connectivity index (χ1) is 12.2. The van der Waals surface area contributed by atoms with Crippen molar-refractivity contribution in [3.63, 3.8) is 0 Å². The van der Waals surface area contributed by atoms with E-state index in [4.69, 9.17) is 9.47 Å². The summed E-state index contributed by atoms with van der Waals surface area (Å²) in [6.07, 6.45) is 0.290. The molecule has 1 amide bonds. The Morgan fingerprint density at radius 3 is 2.60 bits per heavy atom. The summed E-state index contributed by atoms with van der Waals surface area (Å²) >= 11 is 0. The number of hydrogen-bond donors (Lipinski definition) is 0. The molecule has 25 heavy (non-hydrogen) atoms. The van der Waals surface area contributed by atoms with Gasteiger partial charge in [-0.15, -0.1) is 0 Å². The lowest BCUT2D eigenvalue weighted by molar-refractivity contribution is -0.140. The van der Waals surface area contributed by atoms with E-state index in [1.807, 2.05) is 42.2 Å². The summed E-state index contributed by atoms with van der Waals surface area (Å²) < 4.78 is 10.8. The van der Waals surface area contributed by atoms with E-state index < -0.39 is 0 Å². The summed E-state index contributed by atoms with van der Waals surface area (Å²) in [6, 6.07) is 15.8. The maximum Gasteiger partial charge on any atom is 0.228 e. The SMILES string of the molecule is CCOc1cccc(CC(=O)N2CC(COC)(c3ccccc3)C2)n1. The van der Waals surface area contributed by atoms with Crippen molar-refractivity contribution in [2.45, 2.75) is 18.8 Å². The van der Waals surface area contributed by atoms with Gasteiger partial charge in [0, 0.05) is 26.3 Å². The molecule has 132 valence electrons. The number of rotatable bonds is 7. The Morgan fingerprint density at radius 1 is 1.16 bits per heavy atom. The molecule has 0 atom stereocenters. The van der Waals surface area contributed by atoms with Crippen LogP contribution in [0.25, 0.3) is 0 Å². The van der Waals surface area contributed by atoms with Crippen molar-refractivity contribution in [2.75, 3.05) is 33.4 Å². The number of carbonyl (C=O) groups is 1. The van der Waals surface area contributed by atoms with Crippen molar-refractivity contribution >= 4 is 5.91 Å². The maximum atomic E-state index is 12.6. The zero-order valence-electron chi connectivity index (χ0n) is 14.8. The second-order valence-corrected chi connectivity index (χ2v) is 6.41. The molecule has 0 aliphatic carbocycles. The summed E-state index contributed by atoms with van der Waals surface area (Å²) in [4.78, 5) is 18.8. The van der Waals surface area contributed by atoms with E-state index in [0.29, 0.717) is 38.6 Å². The number of aromatic nitrogens is 1. The predicted molar refractivity (Wildman–Crippen MR) is 95.7 cm³/mol. The molecule has 0 saturated carbocycles. The average Bonchev–Trinajstić information content (AvgIpc) is 2.59. The number of hydrogen-bond acceptors (Lipinski definition) is 4. The third-order valence-corrected chi connectivity index (χ3v) is 4.55. The van der Waals surface area contributed by atoms with E-state index in [2.05, 4.69) is 17.1 Å². The third-order valence-electron chi connectivity index (χ3n) is 4.55. The van der Waals surface area contributed by atoms with Crippen molar-refractivity contribution < 1.29 is 14.3 Å². The first-order valence-electron chi connectivity index (χ1n) is 8.58. The molecule has 0 N–H and O–H groups in total. The first kappa shape index (κ1) is 17.4. The van der Waals surface area contributed by atoms with Crippen LogP contribution < -0.4 is 4.74 Å². The van der Waals surface area contributed by atoms with Gasteiger partial charge in [-0.2, -0.15) is 0 Å². The molecule has 0 bridgehead atoms. The normalized spacial score (nSPS) is 15.5. The summed E-state index contributed by atoms with van der Waals surface area (Å²) in [6.45, 7) is 4.44. The molecule has 3 rings (SSSR count). The summed E-state index contributed by atoms with van der Waals surface area (Å²) in [5, 5.41) is 0. The van der Waals surface area contributed by atoms with Crippen LogP contribution >= 0.6 is 0 Å². The molecule has 1 aromatic carbocycles. The number of amides is 1. The Balaban J connectivity index is 1.64. The number of benzene rings is 1. The fourth-order valence-corrected chi connectivity index (χ4v) is 3.34. The van der Waals surface area contributed by atoms with Gasteiger partial charge in [-0.25, -0.2) is 4.98 Å². The minimum absolute atomic E-state index is 0.0869. The maximum absolute atomic E-state index is 12.6. The van der Waals surface area contributed by atoms with Crippen molar-refractivity contribution in [1.82, 2.24) is 9.88 Å². The Hall–Kier alpha value is -2.40. The van der Waals surface area contributed by atoms with E-state index in [0.717, 1.165) is 5.69 Å². The van der Waals surface area contributed by atoms with Crippen LogP contribution in [0.1, 0.15) is 18.2 Å². The highest BCUT2D eigenvalue weighted by Gasteiger charge is 2.46. The zero-order valence-corrected chi connectivity index (χ0v) is 14.8. The molecule has 1 fully saturated rings. The molecule has 5 heteroatoms. The van der Waals surface area contributed by atoms with E-state index in [1.165, 1.54) is 5.56 Å². The standard InChI is InChI=1S/C20H24N2O3/c1-3-25-18-11-7-10-17(21-18)12-19(23)22-13-20(14-22,15-24-2)16-8-5-4-6-9-16/h4-11H,3,12-15H2,1-2H3. The number of ether oxygens (including phenoxy) is 2. The Morgan fingerprint density at radius 2 is 1.92 bits per heavy atom. The zero-order chi connectivity index (χ0) is 17.7. The van der Waals surface area contributed by atoms with Crippen molar-refractivity contribution in [1.29, 1.82) is 0 Å². The minimum Gasteiger partial charge on any atom is -0.478 e. The van der Waals surface area contributed by atoms with Gasteiger partial charge in [-0.05, 0) is 18.6 Å². The quantitative estimate of drug-likeness (QED) is 0.777. The van der Waals surface area contributed by atoms with E-state index in [1.54, 1.807) is 13.2 Å². The second-order valence-electron chi connectivity index (χ2n) is 6.41. The molecular weight excluding hydrogens is 316 g/mol. The summed E-state index contributed by atoms with van der Waals surface area (Å²) in [7, 11) is 1.71. The van der Waals surface area contributed by atoms with E-state index in [9.17, 15) is 4.79 Å². The van der Waals surface area contributed by atoms with Gasteiger partial charge in [0.15, 0.2) is 0 Å².